The molecule has 0 spiro atoms. The van der Waals surface area contributed by atoms with Crippen LogP contribution in [0.25, 0.3) is 0 Å². The van der Waals surface area contributed by atoms with E-state index < -0.39 is 0 Å². The van der Waals surface area contributed by atoms with Crippen LogP contribution in [0.4, 0.5) is 5.95 Å². The summed E-state index contributed by atoms with van der Waals surface area (Å²) in [6, 6.07) is 4.35. The van der Waals surface area contributed by atoms with E-state index >= 15 is 0 Å². The molecule has 1 saturated carbocycles. The van der Waals surface area contributed by atoms with Gasteiger partial charge in [0.2, 0.25) is 5.95 Å². The van der Waals surface area contributed by atoms with Crippen molar-refractivity contribution in [3.05, 3.63) is 42.1 Å². The van der Waals surface area contributed by atoms with Crippen molar-refractivity contribution in [1.29, 1.82) is 0 Å². The van der Waals surface area contributed by atoms with Crippen LogP contribution in [0.15, 0.2) is 35.2 Å². The highest BCUT2D eigenvalue weighted by molar-refractivity contribution is 5.34. The molecule has 0 aliphatic heterocycles. The number of furan rings is 1. The number of hydrogen-bond donors (Lipinski definition) is 1. The Balaban J connectivity index is 1.80. The Morgan fingerprint density at radius 3 is 2.67 bits per heavy atom. The van der Waals surface area contributed by atoms with E-state index in [0.29, 0.717) is 18.5 Å². The smallest absolute Gasteiger partial charge is 0.225 e. The highest BCUT2D eigenvalue weighted by atomic mass is 16.3. The van der Waals surface area contributed by atoms with E-state index in [2.05, 4.69) is 14.9 Å². The summed E-state index contributed by atoms with van der Waals surface area (Å²) in [5.41, 5.74) is 0.729. The molecule has 0 unspecified atom stereocenters. The molecule has 0 radical (unpaired) electrons. The Morgan fingerprint density at radius 2 is 2.11 bits per heavy atom. The van der Waals surface area contributed by atoms with Crippen molar-refractivity contribution >= 4 is 5.95 Å². The van der Waals surface area contributed by atoms with E-state index in [1.165, 1.54) is 12.8 Å². The van der Waals surface area contributed by atoms with E-state index in [9.17, 15) is 0 Å². The molecule has 0 amide bonds. The number of aliphatic hydroxyl groups is 1. The molecule has 3 rings (SSSR count). The van der Waals surface area contributed by atoms with Gasteiger partial charge in [0.15, 0.2) is 0 Å². The molecule has 0 bridgehead atoms. The average Bonchev–Trinajstić information content (AvgIpc) is 3.13. The highest BCUT2D eigenvalue weighted by Gasteiger charge is 2.31. The van der Waals surface area contributed by atoms with Gasteiger partial charge < -0.3 is 14.4 Å². The fraction of sp³-hybridized carbons (Fsp3) is 0.385. The molecule has 1 fully saturated rings. The third-order valence-corrected chi connectivity index (χ3v) is 3.03. The lowest BCUT2D eigenvalue weighted by molar-refractivity contribution is 0.281. The number of hydrogen-bond acceptors (Lipinski definition) is 5. The Bertz CT molecular complexity index is 491. The molecular weight excluding hydrogens is 230 g/mol. The van der Waals surface area contributed by atoms with Crippen molar-refractivity contribution < 1.29 is 9.52 Å². The van der Waals surface area contributed by atoms with Crippen LogP contribution in [0.2, 0.25) is 0 Å². The number of anilines is 1. The van der Waals surface area contributed by atoms with Gasteiger partial charge in [-0.2, -0.15) is 0 Å². The maximum Gasteiger partial charge on any atom is 0.225 e. The van der Waals surface area contributed by atoms with E-state index in [-0.39, 0.29) is 6.61 Å². The second kappa shape index (κ2) is 4.78. The zero-order valence-corrected chi connectivity index (χ0v) is 9.99. The van der Waals surface area contributed by atoms with Crippen molar-refractivity contribution in [1.82, 2.24) is 9.97 Å². The minimum atomic E-state index is -0.0259. The van der Waals surface area contributed by atoms with Crippen LogP contribution in [0.5, 0.6) is 0 Å². The van der Waals surface area contributed by atoms with Crippen LogP contribution in [0.1, 0.15) is 24.2 Å². The summed E-state index contributed by atoms with van der Waals surface area (Å²) in [5, 5.41) is 8.99. The van der Waals surface area contributed by atoms with Gasteiger partial charge in [-0.3, -0.25) is 0 Å². The monoisotopic (exact) mass is 245 g/mol. The van der Waals surface area contributed by atoms with E-state index in [0.717, 1.165) is 11.3 Å². The van der Waals surface area contributed by atoms with Gasteiger partial charge in [0.1, 0.15) is 5.76 Å². The summed E-state index contributed by atoms with van der Waals surface area (Å²) in [6.45, 7) is 0.665. The number of nitrogens with zero attached hydrogens (tertiary/aromatic N) is 3. The van der Waals surface area contributed by atoms with Crippen molar-refractivity contribution in [2.45, 2.75) is 32.0 Å². The van der Waals surface area contributed by atoms with Crippen molar-refractivity contribution in [2.75, 3.05) is 4.90 Å². The predicted octanol–water partition coefficient (Wildman–Crippen LogP) is 1.73. The molecule has 94 valence electrons. The molecule has 1 aliphatic carbocycles. The maximum atomic E-state index is 8.99. The second-order valence-corrected chi connectivity index (χ2v) is 4.49. The molecule has 0 saturated heterocycles. The van der Waals surface area contributed by atoms with Crippen molar-refractivity contribution in [2.24, 2.45) is 0 Å². The molecule has 18 heavy (non-hydrogen) atoms. The SMILES string of the molecule is OCc1cnc(N(Cc2ccco2)C2CC2)nc1. The predicted molar refractivity (Wildman–Crippen MR) is 65.9 cm³/mol. The third-order valence-electron chi connectivity index (χ3n) is 3.03. The highest BCUT2D eigenvalue weighted by Crippen LogP contribution is 2.31. The first kappa shape index (κ1) is 11.2. The van der Waals surface area contributed by atoms with Gasteiger partial charge in [-0.25, -0.2) is 9.97 Å². The molecule has 1 aliphatic rings. The summed E-state index contributed by atoms with van der Waals surface area (Å²) >= 11 is 0. The Morgan fingerprint density at radius 1 is 1.33 bits per heavy atom. The number of aromatic nitrogens is 2. The zero-order valence-electron chi connectivity index (χ0n) is 9.99. The normalized spacial score (nSPS) is 14.7. The minimum Gasteiger partial charge on any atom is -0.467 e. The molecule has 0 atom stereocenters. The number of aliphatic hydroxyl groups excluding tert-OH is 1. The van der Waals surface area contributed by atoms with E-state index in [1.807, 2.05) is 12.1 Å². The summed E-state index contributed by atoms with van der Waals surface area (Å²) in [4.78, 5) is 10.8. The lowest BCUT2D eigenvalue weighted by Gasteiger charge is -2.20. The molecule has 5 heteroatoms. The summed E-state index contributed by atoms with van der Waals surface area (Å²) < 4.78 is 5.37. The van der Waals surface area contributed by atoms with Crippen LogP contribution in [-0.4, -0.2) is 21.1 Å². The molecule has 1 N–H and O–H groups in total. The summed E-state index contributed by atoms with van der Waals surface area (Å²) in [7, 11) is 0. The van der Waals surface area contributed by atoms with Crippen LogP contribution < -0.4 is 4.90 Å². The van der Waals surface area contributed by atoms with Gasteiger partial charge in [0.05, 0.1) is 19.4 Å². The lowest BCUT2D eigenvalue weighted by Crippen LogP contribution is -2.26. The largest absolute Gasteiger partial charge is 0.467 e. The third kappa shape index (κ3) is 2.36. The van der Waals surface area contributed by atoms with Gasteiger partial charge in [0.25, 0.3) is 0 Å². The quantitative estimate of drug-likeness (QED) is 0.869. The Kier molecular flexibility index (Phi) is 2.98. The van der Waals surface area contributed by atoms with Gasteiger partial charge >= 0.3 is 0 Å². The van der Waals surface area contributed by atoms with Crippen LogP contribution >= 0.6 is 0 Å². The standard InChI is InChI=1S/C13H15N3O2/c17-9-10-6-14-13(15-7-10)16(11-3-4-11)8-12-2-1-5-18-12/h1-2,5-7,11,17H,3-4,8-9H2. The average molecular weight is 245 g/mol. The topological polar surface area (TPSA) is 62.4 Å². The first-order chi connectivity index (χ1) is 8.86. The first-order valence-corrected chi connectivity index (χ1v) is 6.07. The van der Waals surface area contributed by atoms with E-state index in [1.54, 1.807) is 18.7 Å². The second-order valence-electron chi connectivity index (χ2n) is 4.49. The first-order valence-electron chi connectivity index (χ1n) is 6.07. The maximum absolute atomic E-state index is 8.99. The van der Waals surface area contributed by atoms with Gasteiger partial charge in [-0.15, -0.1) is 0 Å². The van der Waals surface area contributed by atoms with Crippen LogP contribution in [-0.2, 0) is 13.2 Å². The minimum absolute atomic E-state index is 0.0259. The molecule has 2 heterocycles. The van der Waals surface area contributed by atoms with Gasteiger partial charge in [-0.05, 0) is 25.0 Å². The molecule has 2 aromatic heterocycles. The Hall–Kier alpha value is -1.88. The van der Waals surface area contributed by atoms with Crippen LogP contribution in [0, 0.1) is 0 Å². The molecule has 0 aromatic carbocycles. The van der Waals surface area contributed by atoms with Crippen molar-refractivity contribution in [3.63, 3.8) is 0 Å². The van der Waals surface area contributed by atoms with E-state index in [4.69, 9.17) is 9.52 Å². The van der Waals surface area contributed by atoms with Crippen molar-refractivity contribution in [3.8, 4) is 0 Å². The Labute approximate surface area is 105 Å². The lowest BCUT2D eigenvalue weighted by atomic mass is 10.3. The molecule has 5 nitrogen and oxygen atoms in total. The number of rotatable bonds is 5. The summed E-state index contributed by atoms with van der Waals surface area (Å²) in [5.74, 6) is 1.61. The summed E-state index contributed by atoms with van der Waals surface area (Å²) in [6.07, 6.45) is 7.35. The fourth-order valence-corrected chi connectivity index (χ4v) is 1.90. The van der Waals surface area contributed by atoms with Gasteiger partial charge in [0, 0.05) is 24.0 Å². The van der Waals surface area contributed by atoms with Gasteiger partial charge in [-0.1, -0.05) is 0 Å². The fourth-order valence-electron chi connectivity index (χ4n) is 1.90. The van der Waals surface area contributed by atoms with Crippen LogP contribution in [0.3, 0.4) is 0 Å². The zero-order chi connectivity index (χ0) is 12.4. The molecule has 2 aromatic rings. The molecular formula is C13H15N3O2.